The summed E-state index contributed by atoms with van der Waals surface area (Å²) in [6.45, 7) is 5.34. The van der Waals surface area contributed by atoms with E-state index >= 15 is 0 Å². The number of amides is 1. The number of halogens is 2. The summed E-state index contributed by atoms with van der Waals surface area (Å²) < 4.78 is 5.94. The number of piperazine rings is 1. The fourth-order valence-corrected chi connectivity index (χ4v) is 4.48. The van der Waals surface area contributed by atoms with Crippen molar-refractivity contribution >= 4 is 52.1 Å². The van der Waals surface area contributed by atoms with Gasteiger partial charge in [-0.05, 0) is 64.0 Å². The van der Waals surface area contributed by atoms with Gasteiger partial charge in [-0.25, -0.2) is 4.98 Å². The molecule has 38 heavy (non-hydrogen) atoms. The number of likely N-dealkylation sites (N-methyl/N-ethyl adjacent to an activating group) is 1. The average Bonchev–Trinajstić information content (AvgIpc) is 2.90. The van der Waals surface area contributed by atoms with Crippen LogP contribution in [0, 0.1) is 0 Å². The van der Waals surface area contributed by atoms with Crippen molar-refractivity contribution in [3.63, 3.8) is 0 Å². The van der Waals surface area contributed by atoms with E-state index in [4.69, 9.17) is 27.9 Å². The van der Waals surface area contributed by atoms with E-state index in [0.717, 1.165) is 44.8 Å². The van der Waals surface area contributed by atoms with Crippen LogP contribution in [0.2, 0.25) is 10.0 Å². The zero-order valence-corrected chi connectivity index (χ0v) is 23.4. The van der Waals surface area contributed by atoms with Crippen LogP contribution in [0.3, 0.4) is 0 Å². The van der Waals surface area contributed by atoms with Crippen LogP contribution in [-0.4, -0.2) is 86.1 Å². The van der Waals surface area contributed by atoms with Gasteiger partial charge in [-0.1, -0.05) is 29.3 Å². The van der Waals surface area contributed by atoms with Gasteiger partial charge < -0.3 is 30.1 Å². The summed E-state index contributed by atoms with van der Waals surface area (Å²) in [6.07, 6.45) is 2.21. The fourth-order valence-electron chi connectivity index (χ4n) is 3.99. The fraction of sp³-hybridized carbons (Fsp3) is 0.370. The van der Waals surface area contributed by atoms with E-state index in [1.807, 2.05) is 26.2 Å². The molecule has 0 spiro atoms. The Morgan fingerprint density at radius 3 is 2.39 bits per heavy atom. The van der Waals surface area contributed by atoms with Crippen LogP contribution < -0.4 is 20.3 Å². The highest BCUT2D eigenvalue weighted by Crippen LogP contribution is 2.31. The summed E-state index contributed by atoms with van der Waals surface area (Å²) >= 11 is 12.5. The topological polar surface area (TPSA) is 85.9 Å². The van der Waals surface area contributed by atoms with E-state index in [9.17, 15) is 4.79 Å². The minimum absolute atomic E-state index is 0.177. The standard InChI is InChI=1S/C27H33Cl2N7O2/c1-34(2)12-5-17-38-26-21(25(37)32-24-22(28)6-4-7-23(24)29)18-30-27(33-26)31-19-8-10-20(11-9-19)36-15-13-35(3)14-16-36/h4,6-11,18H,5,12-17H2,1-3H3,(H,32,37)(H,30,31,33). The Morgan fingerprint density at radius 1 is 1.05 bits per heavy atom. The zero-order chi connectivity index (χ0) is 27.1. The number of hydrogen-bond acceptors (Lipinski definition) is 8. The Labute approximate surface area is 233 Å². The summed E-state index contributed by atoms with van der Waals surface area (Å²) in [6, 6.07) is 13.2. The molecular formula is C27H33Cl2N7O2. The molecule has 1 aliphatic heterocycles. The number of benzene rings is 2. The van der Waals surface area contributed by atoms with Crippen LogP contribution in [0.15, 0.2) is 48.7 Å². The lowest BCUT2D eigenvalue weighted by molar-refractivity contribution is 0.102. The minimum atomic E-state index is -0.467. The van der Waals surface area contributed by atoms with Crippen LogP contribution in [0.25, 0.3) is 0 Å². The van der Waals surface area contributed by atoms with Crippen molar-refractivity contribution in [2.24, 2.45) is 0 Å². The Bertz CT molecular complexity index is 1210. The van der Waals surface area contributed by atoms with E-state index in [1.165, 1.54) is 11.9 Å². The number of para-hydroxylation sites is 1. The molecular weight excluding hydrogens is 525 g/mol. The maximum absolute atomic E-state index is 13.1. The van der Waals surface area contributed by atoms with Crippen LogP contribution in [0.1, 0.15) is 16.8 Å². The molecule has 3 aromatic rings. The van der Waals surface area contributed by atoms with Crippen LogP contribution >= 0.6 is 23.2 Å². The molecule has 1 fully saturated rings. The predicted molar refractivity (Wildman–Crippen MR) is 155 cm³/mol. The highest BCUT2D eigenvalue weighted by Gasteiger charge is 2.19. The number of carbonyl (C=O) groups excluding carboxylic acids is 1. The first-order valence-electron chi connectivity index (χ1n) is 12.5. The van der Waals surface area contributed by atoms with Gasteiger partial charge in [0.25, 0.3) is 5.91 Å². The van der Waals surface area contributed by atoms with Crippen molar-refractivity contribution in [1.82, 2.24) is 19.8 Å². The minimum Gasteiger partial charge on any atom is -0.477 e. The molecule has 9 nitrogen and oxygen atoms in total. The molecule has 202 valence electrons. The Hall–Kier alpha value is -3.11. The summed E-state index contributed by atoms with van der Waals surface area (Å²) in [7, 11) is 6.13. The summed E-state index contributed by atoms with van der Waals surface area (Å²) in [5.74, 6) is 0.0361. The number of nitrogens with one attached hydrogen (secondary N) is 2. The van der Waals surface area contributed by atoms with Crippen LogP contribution in [-0.2, 0) is 0 Å². The van der Waals surface area contributed by atoms with Gasteiger partial charge in [-0.3, -0.25) is 4.79 Å². The van der Waals surface area contributed by atoms with Gasteiger partial charge in [-0.2, -0.15) is 4.98 Å². The number of carbonyl (C=O) groups is 1. The molecule has 0 bridgehead atoms. The first kappa shape index (κ1) is 27.9. The lowest BCUT2D eigenvalue weighted by Gasteiger charge is -2.34. The first-order valence-corrected chi connectivity index (χ1v) is 13.3. The van der Waals surface area contributed by atoms with Gasteiger partial charge in [0.05, 0.1) is 22.3 Å². The largest absolute Gasteiger partial charge is 0.477 e. The zero-order valence-electron chi connectivity index (χ0n) is 21.9. The third-order valence-corrected chi connectivity index (χ3v) is 6.81. The molecule has 0 radical (unpaired) electrons. The molecule has 1 saturated heterocycles. The monoisotopic (exact) mass is 557 g/mol. The van der Waals surface area contributed by atoms with Gasteiger partial charge in [-0.15, -0.1) is 0 Å². The number of ether oxygens (including phenoxy) is 1. The van der Waals surface area contributed by atoms with Crippen LogP contribution in [0.5, 0.6) is 5.88 Å². The third kappa shape index (κ3) is 7.48. The second kappa shape index (κ2) is 13.1. The van der Waals surface area contributed by atoms with E-state index in [-0.39, 0.29) is 11.4 Å². The average molecular weight is 559 g/mol. The second-order valence-electron chi connectivity index (χ2n) is 9.43. The molecule has 1 amide bonds. The number of nitrogens with zero attached hydrogens (tertiary/aromatic N) is 5. The molecule has 0 unspecified atom stereocenters. The molecule has 1 aliphatic rings. The molecule has 0 atom stereocenters. The molecule has 1 aromatic heterocycles. The van der Waals surface area contributed by atoms with Crippen molar-refractivity contribution in [2.75, 3.05) is 76.0 Å². The quantitative estimate of drug-likeness (QED) is 0.342. The molecule has 4 rings (SSSR count). The van der Waals surface area contributed by atoms with Crippen molar-refractivity contribution in [2.45, 2.75) is 6.42 Å². The second-order valence-corrected chi connectivity index (χ2v) is 10.2. The first-order chi connectivity index (χ1) is 18.3. The van der Waals surface area contributed by atoms with Crippen molar-refractivity contribution in [1.29, 1.82) is 0 Å². The maximum Gasteiger partial charge on any atom is 0.262 e. The predicted octanol–water partition coefficient (Wildman–Crippen LogP) is 4.86. The molecule has 11 heteroatoms. The van der Waals surface area contributed by atoms with Gasteiger partial charge in [0.15, 0.2) is 0 Å². The van der Waals surface area contributed by atoms with Crippen molar-refractivity contribution in [3.8, 4) is 5.88 Å². The number of rotatable bonds is 10. The van der Waals surface area contributed by atoms with Gasteiger partial charge in [0.1, 0.15) is 5.56 Å². The lowest BCUT2D eigenvalue weighted by atomic mass is 10.2. The Kier molecular flexibility index (Phi) is 9.63. The SMILES string of the molecule is CN(C)CCCOc1nc(Nc2ccc(N3CCN(C)CC3)cc2)ncc1C(=O)Nc1c(Cl)cccc1Cl. The van der Waals surface area contributed by atoms with Crippen molar-refractivity contribution in [3.05, 3.63) is 64.3 Å². The number of anilines is 4. The highest BCUT2D eigenvalue weighted by molar-refractivity contribution is 6.40. The smallest absolute Gasteiger partial charge is 0.262 e. The number of aromatic nitrogens is 2. The van der Waals surface area contributed by atoms with E-state index in [1.54, 1.807) is 18.2 Å². The number of hydrogen-bond donors (Lipinski definition) is 2. The van der Waals surface area contributed by atoms with E-state index < -0.39 is 5.91 Å². The Morgan fingerprint density at radius 2 is 1.74 bits per heavy atom. The molecule has 0 aliphatic carbocycles. The summed E-state index contributed by atoms with van der Waals surface area (Å²) in [5, 5.41) is 6.63. The maximum atomic E-state index is 13.1. The highest BCUT2D eigenvalue weighted by atomic mass is 35.5. The summed E-state index contributed by atoms with van der Waals surface area (Å²) in [5.41, 5.74) is 2.52. The van der Waals surface area contributed by atoms with Crippen LogP contribution in [0.4, 0.5) is 23.0 Å². The van der Waals surface area contributed by atoms with Crippen molar-refractivity contribution < 1.29 is 9.53 Å². The lowest BCUT2D eigenvalue weighted by Crippen LogP contribution is -2.44. The van der Waals surface area contributed by atoms with E-state index in [0.29, 0.717) is 28.3 Å². The molecule has 2 aromatic carbocycles. The molecule has 0 saturated carbocycles. The van der Waals surface area contributed by atoms with Gasteiger partial charge in [0, 0.05) is 50.3 Å². The van der Waals surface area contributed by atoms with Gasteiger partial charge in [0.2, 0.25) is 11.8 Å². The van der Waals surface area contributed by atoms with E-state index in [2.05, 4.69) is 54.5 Å². The van der Waals surface area contributed by atoms with Gasteiger partial charge >= 0.3 is 0 Å². The summed E-state index contributed by atoms with van der Waals surface area (Å²) in [4.78, 5) is 28.8. The molecule has 2 heterocycles. The Balaban J connectivity index is 1.50. The molecule has 2 N–H and O–H groups in total. The third-order valence-electron chi connectivity index (χ3n) is 6.18. The normalized spacial score (nSPS) is 14.0.